The molecule has 0 spiro atoms. The second-order valence-corrected chi connectivity index (χ2v) is 6.87. The number of hydrogen-bond donors (Lipinski definition) is 1. The van der Waals surface area contributed by atoms with Gasteiger partial charge in [0, 0.05) is 11.6 Å². The van der Waals surface area contributed by atoms with Crippen LogP contribution in [-0.4, -0.2) is 11.5 Å². The molecule has 0 amide bonds. The van der Waals surface area contributed by atoms with Crippen LogP contribution in [0.15, 0.2) is 36.5 Å². The summed E-state index contributed by atoms with van der Waals surface area (Å²) < 4.78 is 0. The minimum atomic E-state index is 0.612. The molecule has 3 rings (SSSR count). The normalized spacial score (nSPS) is 26.4. The molecule has 2 aromatic rings. The van der Waals surface area contributed by atoms with E-state index in [4.69, 9.17) is 5.73 Å². The smallest absolute Gasteiger partial charge is 0.0702 e. The van der Waals surface area contributed by atoms with E-state index in [9.17, 15) is 0 Å². The molecule has 1 aromatic carbocycles. The molecular formula is C19H26N2. The Morgan fingerprint density at radius 2 is 2.10 bits per heavy atom. The highest BCUT2D eigenvalue weighted by Gasteiger charge is 2.32. The van der Waals surface area contributed by atoms with Gasteiger partial charge < -0.3 is 5.73 Å². The van der Waals surface area contributed by atoms with Crippen molar-refractivity contribution in [3.05, 3.63) is 42.1 Å². The number of aromatic nitrogens is 1. The van der Waals surface area contributed by atoms with Gasteiger partial charge in [-0.2, -0.15) is 0 Å². The van der Waals surface area contributed by atoms with Crippen molar-refractivity contribution >= 4 is 10.9 Å². The Bertz CT molecular complexity index is 605. The Labute approximate surface area is 127 Å². The fourth-order valence-corrected chi connectivity index (χ4v) is 3.89. The number of hydrogen-bond acceptors (Lipinski definition) is 2. The van der Waals surface area contributed by atoms with Gasteiger partial charge in [-0.15, -0.1) is 0 Å². The number of pyridine rings is 1. The number of benzene rings is 1. The highest BCUT2D eigenvalue weighted by atomic mass is 14.6. The number of nitrogens with zero attached hydrogens (tertiary/aromatic N) is 1. The van der Waals surface area contributed by atoms with Gasteiger partial charge in [0.05, 0.1) is 5.52 Å². The second-order valence-electron chi connectivity index (χ2n) is 6.87. The fourth-order valence-electron chi connectivity index (χ4n) is 3.89. The third kappa shape index (κ3) is 2.96. The van der Waals surface area contributed by atoms with Crippen LogP contribution < -0.4 is 5.73 Å². The Kier molecular flexibility index (Phi) is 4.25. The Hall–Kier alpha value is -1.41. The van der Waals surface area contributed by atoms with E-state index in [0.29, 0.717) is 11.8 Å². The van der Waals surface area contributed by atoms with Crippen LogP contribution in [-0.2, 0) is 0 Å². The maximum Gasteiger partial charge on any atom is 0.0702 e. The fraction of sp³-hybridized carbons (Fsp3) is 0.526. The molecule has 1 saturated carbocycles. The van der Waals surface area contributed by atoms with E-state index < -0.39 is 0 Å². The van der Waals surface area contributed by atoms with Crippen molar-refractivity contribution in [2.45, 2.75) is 39.0 Å². The van der Waals surface area contributed by atoms with Crippen molar-refractivity contribution in [1.29, 1.82) is 0 Å². The first-order chi connectivity index (χ1) is 10.2. The summed E-state index contributed by atoms with van der Waals surface area (Å²) in [5.41, 5.74) is 8.59. The van der Waals surface area contributed by atoms with Crippen LogP contribution in [0.4, 0.5) is 0 Å². The summed E-state index contributed by atoms with van der Waals surface area (Å²) in [7, 11) is 0. The molecule has 1 aliphatic carbocycles. The minimum Gasteiger partial charge on any atom is -0.330 e. The van der Waals surface area contributed by atoms with Crippen LogP contribution >= 0.6 is 0 Å². The van der Waals surface area contributed by atoms with Gasteiger partial charge in [-0.25, -0.2) is 0 Å². The zero-order valence-corrected chi connectivity index (χ0v) is 13.1. The first kappa shape index (κ1) is 14.5. The van der Waals surface area contributed by atoms with E-state index in [1.54, 1.807) is 0 Å². The quantitative estimate of drug-likeness (QED) is 0.909. The highest BCUT2D eigenvalue weighted by Crippen LogP contribution is 2.43. The summed E-state index contributed by atoms with van der Waals surface area (Å²) in [6, 6.07) is 10.9. The molecule has 1 aromatic heterocycles. The monoisotopic (exact) mass is 282 g/mol. The van der Waals surface area contributed by atoms with Gasteiger partial charge >= 0.3 is 0 Å². The number of rotatable bonds is 3. The van der Waals surface area contributed by atoms with Gasteiger partial charge in [0.2, 0.25) is 0 Å². The predicted octanol–water partition coefficient (Wildman–Crippen LogP) is 4.35. The third-order valence-electron chi connectivity index (χ3n) is 5.33. The van der Waals surface area contributed by atoms with Gasteiger partial charge in [0.15, 0.2) is 0 Å². The number of fused-ring (bicyclic) bond motifs is 1. The molecule has 3 unspecified atom stereocenters. The molecule has 0 saturated heterocycles. The third-order valence-corrected chi connectivity index (χ3v) is 5.33. The van der Waals surface area contributed by atoms with Gasteiger partial charge in [0.25, 0.3) is 0 Å². The SMILES string of the molecule is CC(C)C1CCC(CN)C(c2ccc3ncccc3c2)C1. The van der Waals surface area contributed by atoms with Crippen LogP contribution in [0.1, 0.15) is 44.6 Å². The van der Waals surface area contributed by atoms with Crippen LogP contribution in [0, 0.1) is 17.8 Å². The van der Waals surface area contributed by atoms with E-state index in [1.165, 1.54) is 30.2 Å². The van der Waals surface area contributed by atoms with Crippen LogP contribution in [0.5, 0.6) is 0 Å². The molecule has 1 aliphatic rings. The number of nitrogens with two attached hydrogens (primary N) is 1. The lowest BCUT2D eigenvalue weighted by atomic mass is 9.68. The van der Waals surface area contributed by atoms with Crippen molar-refractivity contribution < 1.29 is 0 Å². The zero-order chi connectivity index (χ0) is 14.8. The van der Waals surface area contributed by atoms with Crippen molar-refractivity contribution in [2.24, 2.45) is 23.5 Å². The lowest BCUT2D eigenvalue weighted by Crippen LogP contribution is -2.30. The standard InChI is InChI=1S/C19H26N2/c1-13(2)14-5-6-17(12-20)18(11-14)15-7-8-19-16(10-15)4-3-9-21-19/h3-4,7-10,13-14,17-18H,5-6,11-12,20H2,1-2H3. The second kappa shape index (κ2) is 6.15. The lowest BCUT2D eigenvalue weighted by Gasteiger charge is -2.38. The van der Waals surface area contributed by atoms with Crippen molar-refractivity contribution in [1.82, 2.24) is 4.98 Å². The molecule has 2 N–H and O–H groups in total. The molecule has 2 nitrogen and oxygen atoms in total. The summed E-state index contributed by atoms with van der Waals surface area (Å²) in [5.74, 6) is 2.85. The van der Waals surface area contributed by atoms with Crippen LogP contribution in [0.2, 0.25) is 0 Å². The molecule has 1 fully saturated rings. The Morgan fingerprint density at radius 1 is 1.24 bits per heavy atom. The average molecular weight is 282 g/mol. The molecule has 0 bridgehead atoms. The van der Waals surface area contributed by atoms with Gasteiger partial charge in [0.1, 0.15) is 0 Å². The van der Waals surface area contributed by atoms with Crippen molar-refractivity contribution in [3.8, 4) is 0 Å². The molecule has 1 heterocycles. The van der Waals surface area contributed by atoms with E-state index in [0.717, 1.165) is 23.9 Å². The van der Waals surface area contributed by atoms with E-state index in [-0.39, 0.29) is 0 Å². The molecule has 0 radical (unpaired) electrons. The minimum absolute atomic E-state index is 0.612. The topological polar surface area (TPSA) is 38.9 Å². The first-order valence-corrected chi connectivity index (χ1v) is 8.23. The molecular weight excluding hydrogens is 256 g/mol. The van der Waals surface area contributed by atoms with Crippen molar-refractivity contribution in [3.63, 3.8) is 0 Å². The summed E-state index contributed by atoms with van der Waals surface area (Å²) in [6.45, 7) is 5.52. The molecule has 2 heteroatoms. The Morgan fingerprint density at radius 3 is 2.86 bits per heavy atom. The maximum atomic E-state index is 6.05. The van der Waals surface area contributed by atoms with Crippen LogP contribution in [0.25, 0.3) is 10.9 Å². The summed E-state index contributed by atoms with van der Waals surface area (Å²) in [4.78, 5) is 4.43. The van der Waals surface area contributed by atoms with Gasteiger partial charge in [-0.3, -0.25) is 4.98 Å². The molecule has 0 aliphatic heterocycles. The predicted molar refractivity (Wildman–Crippen MR) is 89.2 cm³/mol. The summed E-state index contributed by atoms with van der Waals surface area (Å²) in [5, 5.41) is 1.25. The van der Waals surface area contributed by atoms with E-state index >= 15 is 0 Å². The molecule has 112 valence electrons. The van der Waals surface area contributed by atoms with E-state index in [1.807, 2.05) is 12.3 Å². The zero-order valence-electron chi connectivity index (χ0n) is 13.1. The largest absolute Gasteiger partial charge is 0.330 e. The molecule has 21 heavy (non-hydrogen) atoms. The lowest BCUT2D eigenvalue weighted by molar-refractivity contribution is 0.197. The van der Waals surface area contributed by atoms with Crippen LogP contribution in [0.3, 0.4) is 0 Å². The van der Waals surface area contributed by atoms with E-state index in [2.05, 4.69) is 43.1 Å². The maximum absolute atomic E-state index is 6.05. The Balaban J connectivity index is 1.93. The highest BCUT2D eigenvalue weighted by molar-refractivity contribution is 5.79. The van der Waals surface area contributed by atoms with Gasteiger partial charge in [-0.05, 0) is 73.2 Å². The van der Waals surface area contributed by atoms with Gasteiger partial charge in [-0.1, -0.05) is 26.0 Å². The summed E-state index contributed by atoms with van der Waals surface area (Å²) >= 11 is 0. The van der Waals surface area contributed by atoms with Crippen molar-refractivity contribution in [2.75, 3.05) is 6.54 Å². The molecule has 3 atom stereocenters. The summed E-state index contributed by atoms with van der Waals surface area (Å²) in [6.07, 6.45) is 5.76. The first-order valence-electron chi connectivity index (χ1n) is 8.23. The average Bonchev–Trinajstić information content (AvgIpc) is 2.53.